The molecule has 72 valence electrons. The number of nitrogen functional groups attached to an aromatic ring is 1. The van der Waals surface area contributed by atoms with Gasteiger partial charge in [0.25, 0.3) is 0 Å². The van der Waals surface area contributed by atoms with E-state index < -0.39 is 11.4 Å². The lowest BCUT2D eigenvalue weighted by molar-refractivity contribution is 0.397. The van der Waals surface area contributed by atoms with Crippen molar-refractivity contribution in [1.29, 1.82) is 0 Å². The first-order valence-electron chi connectivity index (χ1n) is 3.84. The number of anilines is 1. The van der Waals surface area contributed by atoms with Gasteiger partial charge in [-0.15, -0.1) is 0 Å². The zero-order chi connectivity index (χ0) is 10.3. The van der Waals surface area contributed by atoms with Gasteiger partial charge in [-0.25, -0.2) is 4.79 Å². The molecule has 0 aliphatic carbocycles. The van der Waals surface area contributed by atoms with Crippen molar-refractivity contribution < 1.29 is 14.6 Å². The number of hydrogen-bond donors (Lipinski definition) is 3. The Hall–Kier alpha value is -2.17. The van der Waals surface area contributed by atoms with Gasteiger partial charge in [-0.1, -0.05) is 0 Å². The summed E-state index contributed by atoms with van der Waals surface area (Å²) in [5, 5.41) is 18.9. The lowest BCUT2D eigenvalue weighted by Gasteiger charge is -2.02. The fourth-order valence-corrected chi connectivity index (χ4v) is 1.23. The van der Waals surface area contributed by atoms with Crippen LogP contribution in [0, 0.1) is 0 Å². The summed E-state index contributed by atoms with van der Waals surface area (Å²) >= 11 is 0. The Balaban J connectivity index is 3.02. The normalized spacial score (nSPS) is 10.6. The lowest BCUT2D eigenvalue weighted by Crippen LogP contribution is -2.00. The van der Waals surface area contributed by atoms with Crippen molar-refractivity contribution in [2.75, 3.05) is 5.73 Å². The topological polar surface area (TPSA) is 96.7 Å². The van der Waals surface area contributed by atoms with Crippen LogP contribution in [-0.2, 0) is 0 Å². The first-order valence-corrected chi connectivity index (χ1v) is 3.84. The molecule has 1 aromatic carbocycles. The van der Waals surface area contributed by atoms with E-state index in [4.69, 9.17) is 15.3 Å². The van der Waals surface area contributed by atoms with Gasteiger partial charge in [0.2, 0.25) is 5.75 Å². The molecule has 2 aromatic rings. The third kappa shape index (κ3) is 1.06. The summed E-state index contributed by atoms with van der Waals surface area (Å²) in [5.41, 5.74) is 4.95. The molecule has 1 heterocycles. The molecule has 4 N–H and O–H groups in total. The van der Waals surface area contributed by atoms with Crippen LogP contribution in [0.1, 0.15) is 0 Å². The van der Waals surface area contributed by atoms with Crippen LogP contribution in [0.15, 0.2) is 27.4 Å². The number of rotatable bonds is 0. The first-order chi connectivity index (χ1) is 6.59. The van der Waals surface area contributed by atoms with E-state index in [0.717, 1.165) is 6.07 Å². The second-order valence-corrected chi connectivity index (χ2v) is 2.83. The summed E-state index contributed by atoms with van der Waals surface area (Å²) in [6.07, 6.45) is 0. The fraction of sp³-hybridized carbons (Fsp3) is 0. The minimum atomic E-state index is -0.670. The molecule has 0 saturated carbocycles. The van der Waals surface area contributed by atoms with Crippen LogP contribution >= 0.6 is 0 Å². The van der Waals surface area contributed by atoms with Gasteiger partial charge < -0.3 is 20.4 Å². The highest BCUT2D eigenvalue weighted by atomic mass is 16.4. The summed E-state index contributed by atoms with van der Waals surface area (Å²) in [5.74, 6) is -0.835. The van der Waals surface area contributed by atoms with Gasteiger partial charge in [0.05, 0.1) is 0 Å². The Bertz CT molecular complexity index is 558. The van der Waals surface area contributed by atoms with E-state index in [0.29, 0.717) is 5.39 Å². The first kappa shape index (κ1) is 8.43. The van der Waals surface area contributed by atoms with E-state index in [9.17, 15) is 9.90 Å². The van der Waals surface area contributed by atoms with E-state index in [2.05, 4.69) is 0 Å². The maximum absolute atomic E-state index is 10.9. The summed E-state index contributed by atoms with van der Waals surface area (Å²) in [7, 11) is 0. The third-order valence-electron chi connectivity index (χ3n) is 1.90. The van der Waals surface area contributed by atoms with Crippen molar-refractivity contribution in [2.45, 2.75) is 0 Å². The molecular weight excluding hydrogens is 186 g/mol. The van der Waals surface area contributed by atoms with Crippen LogP contribution in [0.4, 0.5) is 5.69 Å². The number of hydrogen-bond acceptors (Lipinski definition) is 5. The van der Waals surface area contributed by atoms with E-state index in [1.54, 1.807) is 0 Å². The Morgan fingerprint density at radius 2 is 2.00 bits per heavy atom. The molecule has 0 fully saturated rings. The van der Waals surface area contributed by atoms with Gasteiger partial charge in [-0.2, -0.15) is 0 Å². The van der Waals surface area contributed by atoms with E-state index in [-0.39, 0.29) is 17.0 Å². The van der Waals surface area contributed by atoms with Crippen molar-refractivity contribution in [2.24, 2.45) is 0 Å². The molecule has 0 radical (unpaired) electrons. The quantitative estimate of drug-likeness (QED) is 0.424. The zero-order valence-corrected chi connectivity index (χ0v) is 7.02. The molecule has 0 atom stereocenters. The van der Waals surface area contributed by atoms with Gasteiger partial charge in [-0.3, -0.25) is 0 Å². The smallest absolute Gasteiger partial charge is 0.338 e. The molecule has 2 rings (SSSR count). The van der Waals surface area contributed by atoms with Crippen LogP contribution in [0.3, 0.4) is 0 Å². The molecule has 0 aliphatic rings. The number of fused-ring (bicyclic) bond motifs is 1. The highest BCUT2D eigenvalue weighted by Crippen LogP contribution is 2.34. The highest BCUT2D eigenvalue weighted by molar-refractivity contribution is 5.93. The Morgan fingerprint density at radius 1 is 1.29 bits per heavy atom. The summed E-state index contributed by atoms with van der Waals surface area (Å²) in [6.45, 7) is 0. The predicted molar refractivity (Wildman–Crippen MR) is 50.2 cm³/mol. The third-order valence-corrected chi connectivity index (χ3v) is 1.90. The molecule has 5 nitrogen and oxygen atoms in total. The van der Waals surface area contributed by atoms with E-state index in [1.165, 1.54) is 12.1 Å². The van der Waals surface area contributed by atoms with Crippen LogP contribution in [-0.4, -0.2) is 10.2 Å². The Morgan fingerprint density at radius 3 is 2.71 bits per heavy atom. The molecule has 0 aliphatic heterocycles. The van der Waals surface area contributed by atoms with Crippen molar-refractivity contribution in [3.8, 4) is 11.5 Å². The second-order valence-electron chi connectivity index (χ2n) is 2.83. The highest BCUT2D eigenvalue weighted by Gasteiger charge is 2.10. The average Bonchev–Trinajstić information content (AvgIpc) is 2.12. The van der Waals surface area contributed by atoms with Crippen molar-refractivity contribution in [3.63, 3.8) is 0 Å². The summed E-state index contributed by atoms with van der Waals surface area (Å²) in [6, 6.07) is 3.84. The van der Waals surface area contributed by atoms with Gasteiger partial charge in [-0.05, 0) is 12.1 Å². The average molecular weight is 193 g/mol. The maximum Gasteiger partial charge on any atom is 0.338 e. The maximum atomic E-state index is 10.9. The number of aromatic hydroxyl groups is 2. The molecule has 14 heavy (non-hydrogen) atoms. The van der Waals surface area contributed by atoms with Gasteiger partial charge in [0.15, 0.2) is 11.3 Å². The number of benzene rings is 1. The van der Waals surface area contributed by atoms with Crippen LogP contribution in [0.2, 0.25) is 0 Å². The Kier molecular flexibility index (Phi) is 1.60. The second kappa shape index (κ2) is 2.66. The van der Waals surface area contributed by atoms with Gasteiger partial charge in [0, 0.05) is 17.1 Å². The standard InChI is InChI=1S/C9H7NO4/c10-5-3-7(12)14-9-4(5)1-2-6(11)8(9)13/h1-3,11,13H,10H2. The fourth-order valence-electron chi connectivity index (χ4n) is 1.23. The molecule has 0 bridgehead atoms. The van der Waals surface area contributed by atoms with Crippen molar-refractivity contribution in [3.05, 3.63) is 28.6 Å². The summed E-state index contributed by atoms with van der Waals surface area (Å²) in [4.78, 5) is 10.9. The minimum Gasteiger partial charge on any atom is -0.504 e. The molecule has 0 spiro atoms. The Labute approximate surface area is 78.0 Å². The van der Waals surface area contributed by atoms with Gasteiger partial charge in [0.1, 0.15) is 0 Å². The largest absolute Gasteiger partial charge is 0.504 e. The van der Waals surface area contributed by atoms with Crippen LogP contribution < -0.4 is 11.4 Å². The number of phenols is 2. The molecule has 1 aromatic heterocycles. The molecule has 0 amide bonds. The summed E-state index contributed by atoms with van der Waals surface area (Å²) < 4.78 is 4.71. The predicted octanol–water partition coefficient (Wildman–Crippen LogP) is 0.786. The number of nitrogens with two attached hydrogens (primary N) is 1. The zero-order valence-electron chi connectivity index (χ0n) is 7.02. The minimum absolute atomic E-state index is 0.102. The van der Waals surface area contributed by atoms with E-state index >= 15 is 0 Å². The number of phenolic OH excluding ortho intramolecular Hbond substituents is 2. The van der Waals surface area contributed by atoms with Crippen molar-refractivity contribution >= 4 is 16.7 Å². The lowest BCUT2D eigenvalue weighted by atomic mass is 10.2. The molecule has 5 heteroatoms. The van der Waals surface area contributed by atoms with Crippen LogP contribution in [0.25, 0.3) is 11.0 Å². The van der Waals surface area contributed by atoms with Crippen molar-refractivity contribution in [1.82, 2.24) is 0 Å². The van der Waals surface area contributed by atoms with E-state index in [1.807, 2.05) is 0 Å². The monoisotopic (exact) mass is 193 g/mol. The molecule has 0 unspecified atom stereocenters. The van der Waals surface area contributed by atoms with Crippen LogP contribution in [0.5, 0.6) is 11.5 Å². The molecule has 0 saturated heterocycles. The molecular formula is C9H7NO4. The van der Waals surface area contributed by atoms with Gasteiger partial charge >= 0.3 is 5.63 Å². The SMILES string of the molecule is Nc1cc(=O)oc2c(O)c(O)ccc12.